The van der Waals surface area contributed by atoms with Crippen molar-refractivity contribution >= 4 is 15.5 Å². The van der Waals surface area contributed by atoms with Crippen molar-refractivity contribution in [1.82, 2.24) is 0 Å². The second-order valence-corrected chi connectivity index (χ2v) is 7.24. The van der Waals surface area contributed by atoms with E-state index in [9.17, 15) is 8.42 Å². The van der Waals surface area contributed by atoms with Crippen molar-refractivity contribution in [3.63, 3.8) is 0 Å². The van der Waals surface area contributed by atoms with Crippen LogP contribution in [0.15, 0.2) is 18.2 Å². The number of nitrogens with one attached hydrogen (secondary N) is 1. The summed E-state index contributed by atoms with van der Waals surface area (Å²) in [5.41, 5.74) is 2.38. The van der Waals surface area contributed by atoms with Gasteiger partial charge in [-0.1, -0.05) is 12.1 Å². The zero-order valence-electron chi connectivity index (χ0n) is 10.2. The molecule has 0 amide bonds. The van der Waals surface area contributed by atoms with Crippen LogP contribution in [0.4, 0.5) is 5.69 Å². The standard InChI is InChI=1S/C13H17NO3S/c15-18(16)8-5-11(6-9-18)17-12-3-1-2-10-4-7-14-13(10)12/h1-3,11,14H,4-9H2. The number of rotatable bonds is 2. The lowest BCUT2D eigenvalue weighted by molar-refractivity contribution is 0.191. The number of benzene rings is 1. The Balaban J connectivity index is 1.73. The molecule has 0 radical (unpaired) electrons. The van der Waals surface area contributed by atoms with Crippen molar-refractivity contribution in [2.45, 2.75) is 25.4 Å². The average molecular weight is 267 g/mol. The van der Waals surface area contributed by atoms with Crippen molar-refractivity contribution < 1.29 is 13.2 Å². The van der Waals surface area contributed by atoms with Gasteiger partial charge < -0.3 is 10.1 Å². The fourth-order valence-electron chi connectivity index (χ4n) is 2.57. The van der Waals surface area contributed by atoms with Crippen LogP contribution < -0.4 is 10.1 Å². The van der Waals surface area contributed by atoms with Gasteiger partial charge in [-0.3, -0.25) is 0 Å². The molecule has 0 aliphatic carbocycles. The summed E-state index contributed by atoms with van der Waals surface area (Å²) in [7, 11) is -2.82. The lowest BCUT2D eigenvalue weighted by Gasteiger charge is -2.24. The van der Waals surface area contributed by atoms with Gasteiger partial charge in [0.1, 0.15) is 11.9 Å². The Labute approximate surface area is 107 Å². The third kappa shape index (κ3) is 2.32. The maximum Gasteiger partial charge on any atom is 0.150 e. The third-order valence-corrected chi connectivity index (χ3v) is 5.32. The van der Waals surface area contributed by atoms with Crippen LogP contribution in [-0.4, -0.2) is 32.6 Å². The first-order chi connectivity index (χ1) is 8.64. The molecule has 0 spiro atoms. The molecule has 1 fully saturated rings. The number of anilines is 1. The van der Waals surface area contributed by atoms with Crippen LogP contribution in [0.1, 0.15) is 18.4 Å². The first kappa shape index (κ1) is 11.8. The van der Waals surface area contributed by atoms with E-state index in [1.54, 1.807) is 0 Å². The summed E-state index contributed by atoms with van der Waals surface area (Å²) in [6.07, 6.45) is 2.27. The van der Waals surface area contributed by atoms with Crippen LogP contribution >= 0.6 is 0 Å². The van der Waals surface area contributed by atoms with E-state index in [4.69, 9.17) is 4.74 Å². The van der Waals surface area contributed by atoms with Gasteiger partial charge in [0, 0.05) is 6.54 Å². The average Bonchev–Trinajstić information content (AvgIpc) is 2.81. The number of hydrogen-bond donors (Lipinski definition) is 1. The van der Waals surface area contributed by atoms with E-state index < -0.39 is 9.84 Å². The highest BCUT2D eigenvalue weighted by Crippen LogP contribution is 2.34. The molecule has 5 heteroatoms. The molecule has 4 nitrogen and oxygen atoms in total. The van der Waals surface area contributed by atoms with E-state index in [1.165, 1.54) is 5.56 Å². The molecule has 2 aliphatic rings. The Morgan fingerprint density at radius 2 is 2.00 bits per heavy atom. The quantitative estimate of drug-likeness (QED) is 0.884. The molecule has 1 aromatic carbocycles. The summed E-state index contributed by atoms with van der Waals surface area (Å²) in [6, 6.07) is 6.06. The number of ether oxygens (including phenoxy) is 1. The summed E-state index contributed by atoms with van der Waals surface area (Å²) < 4.78 is 28.7. The van der Waals surface area contributed by atoms with Gasteiger partial charge in [0.05, 0.1) is 17.2 Å². The molecule has 18 heavy (non-hydrogen) atoms. The fraction of sp³-hybridized carbons (Fsp3) is 0.538. The molecule has 0 bridgehead atoms. The Morgan fingerprint density at radius 1 is 1.22 bits per heavy atom. The van der Waals surface area contributed by atoms with E-state index >= 15 is 0 Å². The van der Waals surface area contributed by atoms with E-state index in [2.05, 4.69) is 11.4 Å². The van der Waals surface area contributed by atoms with Gasteiger partial charge in [0.25, 0.3) is 0 Å². The van der Waals surface area contributed by atoms with Crippen molar-refractivity contribution in [3.05, 3.63) is 23.8 Å². The Hall–Kier alpha value is -1.23. The van der Waals surface area contributed by atoms with Crippen LogP contribution in [0.5, 0.6) is 5.75 Å². The van der Waals surface area contributed by atoms with Gasteiger partial charge in [-0.15, -0.1) is 0 Å². The van der Waals surface area contributed by atoms with Crippen LogP contribution in [0, 0.1) is 0 Å². The van der Waals surface area contributed by atoms with Gasteiger partial charge >= 0.3 is 0 Å². The van der Waals surface area contributed by atoms with Gasteiger partial charge in [-0.05, 0) is 30.9 Å². The number of hydrogen-bond acceptors (Lipinski definition) is 4. The smallest absolute Gasteiger partial charge is 0.150 e. The predicted molar refractivity (Wildman–Crippen MR) is 70.9 cm³/mol. The molecule has 0 aromatic heterocycles. The molecule has 0 saturated carbocycles. The van der Waals surface area contributed by atoms with Gasteiger partial charge in [0.15, 0.2) is 9.84 Å². The summed E-state index contributed by atoms with van der Waals surface area (Å²) in [4.78, 5) is 0. The topological polar surface area (TPSA) is 55.4 Å². The normalized spacial score (nSPS) is 22.2. The van der Waals surface area contributed by atoms with Crippen molar-refractivity contribution in [2.24, 2.45) is 0 Å². The maximum absolute atomic E-state index is 11.4. The monoisotopic (exact) mass is 267 g/mol. The summed E-state index contributed by atoms with van der Waals surface area (Å²) in [5, 5.41) is 3.33. The minimum atomic E-state index is -2.82. The van der Waals surface area contributed by atoms with Gasteiger partial charge in [-0.2, -0.15) is 0 Å². The predicted octanol–water partition coefficient (Wildman–Crippen LogP) is 1.61. The van der Waals surface area contributed by atoms with E-state index in [0.717, 1.165) is 24.4 Å². The Bertz CT molecular complexity index is 539. The molecular formula is C13H17NO3S. The van der Waals surface area contributed by atoms with Crippen molar-refractivity contribution in [1.29, 1.82) is 0 Å². The maximum atomic E-state index is 11.4. The zero-order chi connectivity index (χ0) is 12.6. The van der Waals surface area contributed by atoms with Crippen LogP contribution in [0.25, 0.3) is 0 Å². The molecular weight excluding hydrogens is 250 g/mol. The van der Waals surface area contributed by atoms with E-state index in [1.807, 2.05) is 12.1 Å². The van der Waals surface area contributed by atoms with Crippen molar-refractivity contribution in [2.75, 3.05) is 23.4 Å². The summed E-state index contributed by atoms with van der Waals surface area (Å²) >= 11 is 0. The third-order valence-electron chi connectivity index (χ3n) is 3.60. The largest absolute Gasteiger partial charge is 0.488 e. The Morgan fingerprint density at radius 3 is 2.78 bits per heavy atom. The highest BCUT2D eigenvalue weighted by atomic mass is 32.2. The minimum Gasteiger partial charge on any atom is -0.488 e. The molecule has 98 valence electrons. The first-order valence-electron chi connectivity index (χ1n) is 6.37. The second-order valence-electron chi connectivity index (χ2n) is 4.94. The SMILES string of the molecule is O=S1(=O)CCC(Oc2cccc3c2NCC3)CC1. The molecule has 1 N–H and O–H groups in total. The lowest BCUT2D eigenvalue weighted by Crippen LogP contribution is -2.30. The summed E-state index contributed by atoms with van der Waals surface area (Å²) in [5.74, 6) is 1.37. The Kier molecular flexibility index (Phi) is 2.93. The highest BCUT2D eigenvalue weighted by molar-refractivity contribution is 7.91. The van der Waals surface area contributed by atoms with Crippen LogP contribution in [0.2, 0.25) is 0 Å². The number of para-hydroxylation sites is 1. The van der Waals surface area contributed by atoms with E-state index in [-0.39, 0.29) is 17.6 Å². The highest BCUT2D eigenvalue weighted by Gasteiger charge is 2.26. The molecule has 1 aromatic rings. The first-order valence-corrected chi connectivity index (χ1v) is 8.19. The van der Waals surface area contributed by atoms with Crippen LogP contribution in [-0.2, 0) is 16.3 Å². The second kappa shape index (κ2) is 4.46. The number of fused-ring (bicyclic) bond motifs is 1. The number of sulfone groups is 1. The van der Waals surface area contributed by atoms with Gasteiger partial charge in [0.2, 0.25) is 0 Å². The molecule has 0 atom stereocenters. The van der Waals surface area contributed by atoms with Crippen LogP contribution in [0.3, 0.4) is 0 Å². The minimum absolute atomic E-state index is 0.0300. The fourth-order valence-corrected chi connectivity index (χ4v) is 4.02. The zero-order valence-corrected chi connectivity index (χ0v) is 11.0. The van der Waals surface area contributed by atoms with E-state index in [0.29, 0.717) is 12.8 Å². The van der Waals surface area contributed by atoms with Gasteiger partial charge in [-0.25, -0.2) is 8.42 Å². The summed E-state index contributed by atoms with van der Waals surface area (Å²) in [6.45, 7) is 0.953. The molecule has 0 unspecified atom stereocenters. The van der Waals surface area contributed by atoms with Crippen molar-refractivity contribution in [3.8, 4) is 5.75 Å². The molecule has 3 rings (SSSR count). The lowest BCUT2D eigenvalue weighted by atomic mass is 10.1. The molecule has 1 saturated heterocycles. The molecule has 2 heterocycles. The molecule has 2 aliphatic heterocycles.